The van der Waals surface area contributed by atoms with E-state index >= 15 is 0 Å². The van der Waals surface area contributed by atoms with Crippen LogP contribution in [-0.2, 0) is 9.53 Å². The SMILES string of the molecule is Cc1cc(-c2c(C3CCOCC3)nc(O[C@H]3C[C@H](C(=O)O)C3)c3cc4[nH]ncc4cc23)ccn1. The van der Waals surface area contributed by atoms with E-state index in [2.05, 4.69) is 27.3 Å². The lowest BCUT2D eigenvalue weighted by atomic mass is 9.82. The maximum Gasteiger partial charge on any atom is 0.306 e. The van der Waals surface area contributed by atoms with Gasteiger partial charge >= 0.3 is 5.97 Å². The second kappa shape index (κ2) is 8.36. The van der Waals surface area contributed by atoms with Gasteiger partial charge in [-0.15, -0.1) is 0 Å². The zero-order chi connectivity index (χ0) is 23.2. The first-order valence-corrected chi connectivity index (χ1v) is 11.8. The van der Waals surface area contributed by atoms with Gasteiger partial charge in [-0.05, 0) is 67.8 Å². The number of aromatic amines is 1. The minimum Gasteiger partial charge on any atom is -0.481 e. The molecule has 1 aromatic carbocycles. The van der Waals surface area contributed by atoms with Crippen molar-refractivity contribution in [3.8, 4) is 17.0 Å². The Hall–Kier alpha value is -3.52. The highest BCUT2D eigenvalue weighted by Crippen LogP contribution is 2.43. The van der Waals surface area contributed by atoms with Crippen molar-refractivity contribution in [2.45, 2.75) is 44.6 Å². The first-order chi connectivity index (χ1) is 16.6. The maximum absolute atomic E-state index is 11.3. The van der Waals surface area contributed by atoms with Crippen molar-refractivity contribution in [1.82, 2.24) is 20.2 Å². The summed E-state index contributed by atoms with van der Waals surface area (Å²) in [6.07, 6.45) is 6.32. The molecule has 0 atom stereocenters. The number of aryl methyl sites for hydroxylation is 1. The number of hydrogen-bond donors (Lipinski definition) is 2. The minimum atomic E-state index is -0.761. The molecule has 1 saturated heterocycles. The molecule has 34 heavy (non-hydrogen) atoms. The normalized spacial score (nSPS) is 21.0. The Morgan fingerprint density at radius 1 is 1.18 bits per heavy atom. The molecule has 4 heterocycles. The average Bonchev–Trinajstić information content (AvgIpc) is 3.27. The summed E-state index contributed by atoms with van der Waals surface area (Å²) in [5, 5.41) is 19.5. The van der Waals surface area contributed by atoms with Crippen LogP contribution in [0, 0.1) is 12.8 Å². The predicted molar refractivity (Wildman–Crippen MR) is 127 cm³/mol. The minimum absolute atomic E-state index is 0.147. The molecule has 0 bridgehead atoms. The van der Waals surface area contributed by atoms with Crippen LogP contribution in [0.15, 0.2) is 36.7 Å². The fourth-order valence-corrected chi connectivity index (χ4v) is 5.12. The molecule has 1 saturated carbocycles. The highest BCUT2D eigenvalue weighted by molar-refractivity contribution is 6.06. The van der Waals surface area contributed by atoms with Crippen LogP contribution in [0.25, 0.3) is 32.8 Å². The summed E-state index contributed by atoms with van der Waals surface area (Å²) in [6, 6.07) is 8.33. The molecule has 2 fully saturated rings. The monoisotopic (exact) mass is 458 g/mol. The Kier molecular flexibility index (Phi) is 5.17. The lowest BCUT2D eigenvalue weighted by molar-refractivity contribution is -0.148. The van der Waals surface area contributed by atoms with Crippen molar-refractivity contribution >= 4 is 27.6 Å². The first kappa shape index (κ1) is 21.0. The van der Waals surface area contributed by atoms with E-state index in [0.29, 0.717) is 31.9 Å². The number of hydrogen-bond acceptors (Lipinski definition) is 6. The van der Waals surface area contributed by atoms with Crippen LogP contribution in [0.2, 0.25) is 0 Å². The Morgan fingerprint density at radius 3 is 2.76 bits per heavy atom. The summed E-state index contributed by atoms with van der Waals surface area (Å²) in [5.41, 5.74) is 5.04. The number of nitrogens with zero attached hydrogens (tertiary/aromatic N) is 3. The summed E-state index contributed by atoms with van der Waals surface area (Å²) in [4.78, 5) is 20.8. The number of carboxylic acids is 1. The summed E-state index contributed by atoms with van der Waals surface area (Å²) in [7, 11) is 0. The highest BCUT2D eigenvalue weighted by atomic mass is 16.5. The van der Waals surface area contributed by atoms with Crippen LogP contribution in [0.5, 0.6) is 5.88 Å². The fraction of sp³-hybridized carbons (Fsp3) is 0.385. The molecule has 0 unspecified atom stereocenters. The van der Waals surface area contributed by atoms with Crippen LogP contribution in [0.1, 0.15) is 43.0 Å². The fourth-order valence-electron chi connectivity index (χ4n) is 5.12. The van der Waals surface area contributed by atoms with Crippen LogP contribution in [-0.4, -0.2) is 50.6 Å². The molecule has 8 heteroatoms. The van der Waals surface area contributed by atoms with Gasteiger partial charge in [0.2, 0.25) is 5.88 Å². The molecule has 1 aliphatic carbocycles. The molecular weight excluding hydrogens is 432 g/mol. The van der Waals surface area contributed by atoms with Crippen molar-refractivity contribution in [1.29, 1.82) is 0 Å². The van der Waals surface area contributed by atoms with Crippen LogP contribution in [0.3, 0.4) is 0 Å². The van der Waals surface area contributed by atoms with Gasteiger partial charge in [0.25, 0.3) is 0 Å². The number of rotatable bonds is 5. The zero-order valence-corrected chi connectivity index (χ0v) is 19.0. The van der Waals surface area contributed by atoms with E-state index in [-0.39, 0.29) is 17.9 Å². The van der Waals surface area contributed by atoms with E-state index in [1.807, 2.05) is 31.5 Å². The first-order valence-electron chi connectivity index (χ1n) is 11.8. The van der Waals surface area contributed by atoms with Crippen molar-refractivity contribution in [2.24, 2.45) is 5.92 Å². The Morgan fingerprint density at radius 2 is 2.00 bits per heavy atom. The smallest absolute Gasteiger partial charge is 0.306 e. The molecule has 174 valence electrons. The van der Waals surface area contributed by atoms with E-state index in [9.17, 15) is 9.90 Å². The molecular formula is C26H26N4O4. The molecule has 0 radical (unpaired) electrons. The van der Waals surface area contributed by atoms with Gasteiger partial charge in [-0.2, -0.15) is 5.10 Å². The number of ether oxygens (including phenoxy) is 2. The number of nitrogens with one attached hydrogen (secondary N) is 1. The van der Waals surface area contributed by atoms with E-state index in [4.69, 9.17) is 14.5 Å². The summed E-state index contributed by atoms with van der Waals surface area (Å²) in [5.74, 6) is -0.290. The molecule has 8 nitrogen and oxygen atoms in total. The number of aliphatic carboxylic acids is 1. The molecule has 3 aromatic heterocycles. The Bertz CT molecular complexity index is 1390. The second-order valence-corrected chi connectivity index (χ2v) is 9.35. The van der Waals surface area contributed by atoms with Gasteiger partial charge < -0.3 is 14.6 Å². The van der Waals surface area contributed by atoms with Crippen LogP contribution in [0.4, 0.5) is 0 Å². The number of carbonyl (C=O) groups is 1. The molecule has 0 amide bonds. The van der Waals surface area contributed by atoms with Gasteiger partial charge in [-0.25, -0.2) is 4.98 Å². The average molecular weight is 459 g/mol. The number of benzene rings is 1. The zero-order valence-electron chi connectivity index (χ0n) is 19.0. The van der Waals surface area contributed by atoms with Gasteiger partial charge in [-0.1, -0.05) is 0 Å². The van der Waals surface area contributed by atoms with E-state index in [0.717, 1.165) is 57.0 Å². The van der Waals surface area contributed by atoms with Gasteiger partial charge in [0.1, 0.15) is 6.10 Å². The third kappa shape index (κ3) is 3.68. The predicted octanol–water partition coefficient (Wildman–Crippen LogP) is 4.62. The molecule has 6 rings (SSSR count). The molecule has 4 aromatic rings. The molecule has 2 N–H and O–H groups in total. The molecule has 1 aliphatic heterocycles. The number of aromatic nitrogens is 4. The van der Waals surface area contributed by atoms with Crippen molar-refractivity contribution < 1.29 is 19.4 Å². The second-order valence-electron chi connectivity index (χ2n) is 9.35. The lowest BCUT2D eigenvalue weighted by Gasteiger charge is -2.33. The van der Waals surface area contributed by atoms with Crippen LogP contribution < -0.4 is 4.74 Å². The van der Waals surface area contributed by atoms with E-state index in [1.165, 1.54) is 0 Å². The van der Waals surface area contributed by atoms with Gasteiger partial charge in [0.05, 0.1) is 23.3 Å². The Balaban J connectivity index is 1.56. The highest BCUT2D eigenvalue weighted by Gasteiger charge is 2.37. The molecule has 2 aliphatic rings. The van der Waals surface area contributed by atoms with Gasteiger partial charge in [0.15, 0.2) is 0 Å². The standard InChI is InChI=1S/C26H26N4O4/c1-14-8-16(2-5-27-14)23-20-11-18-13-28-30-22(18)12-21(20)25(34-19-9-17(10-19)26(31)32)29-24(23)15-3-6-33-7-4-15/h2,5,8,11-13,15,17,19H,3-4,6-7,9-10H2,1H3,(H,28,30)(H,31,32)/t17-,19-. The van der Waals surface area contributed by atoms with E-state index in [1.54, 1.807) is 0 Å². The third-order valence-corrected chi connectivity index (χ3v) is 7.07. The van der Waals surface area contributed by atoms with Crippen LogP contribution >= 0.6 is 0 Å². The largest absolute Gasteiger partial charge is 0.481 e. The topological polar surface area (TPSA) is 110 Å². The van der Waals surface area contributed by atoms with Crippen molar-refractivity contribution in [3.63, 3.8) is 0 Å². The number of H-pyrrole nitrogens is 1. The lowest BCUT2D eigenvalue weighted by Crippen LogP contribution is -2.38. The maximum atomic E-state index is 11.3. The van der Waals surface area contributed by atoms with Gasteiger partial charge in [-0.3, -0.25) is 14.9 Å². The summed E-state index contributed by atoms with van der Waals surface area (Å²) < 4.78 is 12.0. The number of carboxylic acid groups (broad SMARTS) is 1. The van der Waals surface area contributed by atoms with Crippen molar-refractivity contribution in [2.75, 3.05) is 13.2 Å². The molecule has 0 spiro atoms. The Labute approximate surface area is 196 Å². The third-order valence-electron chi connectivity index (χ3n) is 7.07. The number of fused-ring (bicyclic) bond motifs is 2. The summed E-state index contributed by atoms with van der Waals surface area (Å²) >= 11 is 0. The van der Waals surface area contributed by atoms with E-state index < -0.39 is 5.97 Å². The quantitative estimate of drug-likeness (QED) is 0.449. The summed E-state index contributed by atoms with van der Waals surface area (Å²) in [6.45, 7) is 3.41. The van der Waals surface area contributed by atoms with Crippen molar-refractivity contribution in [3.05, 3.63) is 48.0 Å². The van der Waals surface area contributed by atoms with Gasteiger partial charge in [0, 0.05) is 47.4 Å². The number of pyridine rings is 2.